The summed E-state index contributed by atoms with van der Waals surface area (Å²) in [4.78, 5) is 50.1. The second kappa shape index (κ2) is 7.01. The normalized spacial score (nSPS) is 11.2. The number of rotatable bonds is 4. The monoisotopic (exact) mass is 395 g/mol. The van der Waals surface area contributed by atoms with Crippen LogP contribution >= 0.6 is 11.3 Å². The fourth-order valence-electron chi connectivity index (χ4n) is 3.03. The molecule has 3 aromatic heterocycles. The fourth-order valence-corrected chi connectivity index (χ4v) is 3.75. The molecule has 0 unspecified atom stereocenters. The Morgan fingerprint density at radius 1 is 1.29 bits per heavy atom. The van der Waals surface area contributed by atoms with Crippen molar-refractivity contribution in [3.63, 3.8) is 0 Å². The third-order valence-corrected chi connectivity index (χ3v) is 5.44. The first-order valence-corrected chi connectivity index (χ1v) is 9.47. The molecule has 3 heterocycles. The highest BCUT2D eigenvalue weighted by Crippen LogP contribution is 2.14. The van der Waals surface area contributed by atoms with Crippen LogP contribution in [0.2, 0.25) is 0 Å². The van der Waals surface area contributed by atoms with Crippen LogP contribution in [-0.2, 0) is 17.9 Å². The first-order valence-electron chi connectivity index (χ1n) is 8.59. The highest BCUT2D eigenvalue weighted by Gasteiger charge is 2.15. The number of nitrogens with zero attached hydrogens (tertiary/aromatic N) is 4. The fraction of sp³-hybridized carbons (Fsp3) is 0.211. The van der Waals surface area contributed by atoms with Crippen molar-refractivity contribution in [1.29, 1.82) is 0 Å². The van der Waals surface area contributed by atoms with Crippen molar-refractivity contribution in [3.05, 3.63) is 68.1 Å². The highest BCUT2D eigenvalue weighted by atomic mass is 32.1. The molecule has 0 aliphatic rings. The molecular weight excluding hydrogens is 378 g/mol. The van der Waals surface area contributed by atoms with Gasteiger partial charge in [0.05, 0.1) is 29.3 Å². The molecular formula is C19H17N5O3S. The van der Waals surface area contributed by atoms with Gasteiger partial charge in [0.2, 0.25) is 5.91 Å². The number of nitrogens with one attached hydrogen (secondary N) is 1. The van der Waals surface area contributed by atoms with E-state index >= 15 is 0 Å². The zero-order valence-electron chi connectivity index (χ0n) is 15.3. The lowest BCUT2D eigenvalue weighted by molar-refractivity contribution is -0.131. The number of fused-ring (bicyclic) bond motifs is 2. The Morgan fingerprint density at radius 3 is 2.93 bits per heavy atom. The molecule has 0 fully saturated rings. The van der Waals surface area contributed by atoms with Gasteiger partial charge >= 0.3 is 0 Å². The Morgan fingerprint density at radius 2 is 2.11 bits per heavy atom. The molecule has 0 spiro atoms. The number of likely N-dealkylation sites (N-methyl/N-ethyl adjacent to an activating group) is 1. The van der Waals surface area contributed by atoms with Crippen LogP contribution < -0.4 is 11.1 Å². The van der Waals surface area contributed by atoms with Gasteiger partial charge in [0.15, 0.2) is 0 Å². The molecule has 0 aliphatic heterocycles. The first-order chi connectivity index (χ1) is 13.4. The largest absolute Gasteiger partial charge is 0.337 e. The van der Waals surface area contributed by atoms with Gasteiger partial charge < -0.3 is 9.88 Å². The molecule has 28 heavy (non-hydrogen) atoms. The topological polar surface area (TPSA) is 101 Å². The minimum Gasteiger partial charge on any atom is -0.337 e. The Kier molecular flexibility index (Phi) is 4.52. The summed E-state index contributed by atoms with van der Waals surface area (Å²) in [7, 11) is 1.60. The molecule has 0 saturated carbocycles. The van der Waals surface area contributed by atoms with Crippen molar-refractivity contribution in [1.82, 2.24) is 24.4 Å². The number of para-hydroxylation sites is 1. The average molecular weight is 395 g/mol. The van der Waals surface area contributed by atoms with E-state index in [9.17, 15) is 14.4 Å². The number of carbonyl (C=O) groups excluding carboxylic acids is 1. The lowest BCUT2D eigenvalue weighted by atomic mass is 10.1. The first kappa shape index (κ1) is 18.1. The highest BCUT2D eigenvalue weighted by molar-refractivity contribution is 7.17. The smallest absolute Gasteiger partial charge is 0.268 e. The summed E-state index contributed by atoms with van der Waals surface area (Å²) in [5.74, 6) is 0.107. The van der Waals surface area contributed by atoms with E-state index in [2.05, 4.69) is 15.0 Å². The zero-order valence-corrected chi connectivity index (χ0v) is 16.1. The predicted molar refractivity (Wildman–Crippen MR) is 107 cm³/mol. The van der Waals surface area contributed by atoms with Crippen LogP contribution in [0, 0.1) is 6.92 Å². The van der Waals surface area contributed by atoms with E-state index in [4.69, 9.17) is 0 Å². The van der Waals surface area contributed by atoms with Crippen LogP contribution in [0.3, 0.4) is 0 Å². The second-order valence-electron chi connectivity index (χ2n) is 6.55. The maximum Gasteiger partial charge on any atom is 0.268 e. The quantitative estimate of drug-likeness (QED) is 0.566. The van der Waals surface area contributed by atoms with Crippen molar-refractivity contribution < 1.29 is 4.79 Å². The van der Waals surface area contributed by atoms with Gasteiger partial charge in [0.1, 0.15) is 17.1 Å². The van der Waals surface area contributed by atoms with Crippen molar-refractivity contribution in [2.24, 2.45) is 0 Å². The van der Waals surface area contributed by atoms with Crippen molar-refractivity contribution in [3.8, 4) is 0 Å². The van der Waals surface area contributed by atoms with Gasteiger partial charge in [0.25, 0.3) is 11.1 Å². The molecule has 9 heteroatoms. The number of thiophene rings is 1. The van der Waals surface area contributed by atoms with Crippen LogP contribution in [0.1, 0.15) is 11.4 Å². The maximum atomic E-state index is 12.7. The van der Waals surface area contributed by atoms with E-state index < -0.39 is 0 Å². The lowest BCUT2D eigenvalue weighted by Crippen LogP contribution is -2.34. The number of benzene rings is 1. The van der Waals surface area contributed by atoms with Gasteiger partial charge in [-0.05, 0) is 30.0 Å². The predicted octanol–water partition coefficient (Wildman–Crippen LogP) is 1.66. The molecule has 1 aromatic carbocycles. The number of aryl methyl sites for hydroxylation is 1. The minimum atomic E-state index is -0.288. The Labute approximate surface area is 163 Å². The summed E-state index contributed by atoms with van der Waals surface area (Å²) in [6.07, 6.45) is 1.39. The van der Waals surface area contributed by atoms with Crippen LogP contribution in [0.4, 0.5) is 0 Å². The molecule has 8 nitrogen and oxygen atoms in total. The third-order valence-electron chi connectivity index (χ3n) is 4.54. The SMILES string of the molecule is Cc1cccc2c(=O)n(CC(=O)N(C)Cc3nc4ccsc4c(=O)[nH]3)cnc12. The summed E-state index contributed by atoms with van der Waals surface area (Å²) < 4.78 is 1.85. The van der Waals surface area contributed by atoms with Gasteiger partial charge in [-0.25, -0.2) is 9.97 Å². The Bertz CT molecular complexity index is 1320. The van der Waals surface area contributed by atoms with Crippen molar-refractivity contribution in [2.75, 3.05) is 7.05 Å². The number of hydrogen-bond acceptors (Lipinski definition) is 6. The summed E-state index contributed by atoms with van der Waals surface area (Å²) in [6, 6.07) is 7.15. The zero-order chi connectivity index (χ0) is 19.8. The summed E-state index contributed by atoms with van der Waals surface area (Å²) in [5.41, 5.74) is 1.66. The second-order valence-corrected chi connectivity index (χ2v) is 7.46. The van der Waals surface area contributed by atoms with E-state index in [1.165, 1.54) is 27.1 Å². The van der Waals surface area contributed by atoms with E-state index in [1.54, 1.807) is 30.6 Å². The maximum absolute atomic E-state index is 12.7. The number of hydrogen-bond donors (Lipinski definition) is 1. The van der Waals surface area contributed by atoms with Gasteiger partial charge in [0, 0.05) is 7.05 Å². The Balaban J connectivity index is 1.56. The molecule has 4 aromatic rings. The summed E-state index contributed by atoms with van der Waals surface area (Å²) in [5, 5.41) is 2.28. The number of carbonyl (C=O) groups is 1. The number of aromatic amines is 1. The van der Waals surface area contributed by atoms with E-state index in [0.717, 1.165) is 5.56 Å². The Hall–Kier alpha value is -3.33. The number of amides is 1. The van der Waals surface area contributed by atoms with Crippen molar-refractivity contribution >= 4 is 38.4 Å². The van der Waals surface area contributed by atoms with Gasteiger partial charge in [-0.2, -0.15) is 0 Å². The summed E-state index contributed by atoms with van der Waals surface area (Å²) >= 11 is 1.32. The molecule has 0 saturated heterocycles. The summed E-state index contributed by atoms with van der Waals surface area (Å²) in [6.45, 7) is 1.88. The van der Waals surface area contributed by atoms with E-state index in [1.807, 2.05) is 13.0 Å². The minimum absolute atomic E-state index is 0.134. The van der Waals surface area contributed by atoms with Crippen LogP contribution in [-0.4, -0.2) is 37.4 Å². The molecule has 4 rings (SSSR count). The van der Waals surface area contributed by atoms with Gasteiger partial charge in [-0.1, -0.05) is 12.1 Å². The van der Waals surface area contributed by atoms with Crippen LogP contribution in [0.25, 0.3) is 21.1 Å². The van der Waals surface area contributed by atoms with Gasteiger partial charge in [-0.3, -0.25) is 19.0 Å². The van der Waals surface area contributed by atoms with E-state index in [-0.39, 0.29) is 30.1 Å². The standard InChI is InChI=1S/C19H17N5O3S/c1-11-4-3-5-12-16(11)20-10-24(19(12)27)9-15(25)23(2)8-14-21-13-6-7-28-17(13)18(26)22-14/h3-7,10H,8-9H2,1-2H3,(H,21,22,26). The van der Waals surface area contributed by atoms with Gasteiger partial charge in [-0.15, -0.1) is 11.3 Å². The van der Waals surface area contributed by atoms with Crippen LogP contribution in [0.15, 0.2) is 45.6 Å². The third kappa shape index (κ3) is 3.20. The molecule has 0 aliphatic carbocycles. The molecule has 0 bridgehead atoms. The number of H-pyrrole nitrogens is 1. The molecule has 1 amide bonds. The molecule has 0 atom stereocenters. The molecule has 142 valence electrons. The van der Waals surface area contributed by atoms with E-state index in [0.29, 0.717) is 26.9 Å². The number of aromatic nitrogens is 4. The average Bonchev–Trinajstić information content (AvgIpc) is 3.13. The lowest BCUT2D eigenvalue weighted by Gasteiger charge is -2.17. The molecule has 0 radical (unpaired) electrons. The van der Waals surface area contributed by atoms with Crippen molar-refractivity contribution in [2.45, 2.75) is 20.0 Å². The van der Waals surface area contributed by atoms with Crippen LogP contribution in [0.5, 0.6) is 0 Å². The molecule has 1 N–H and O–H groups in total.